The molecule has 1 aromatic carbocycles. The summed E-state index contributed by atoms with van der Waals surface area (Å²) < 4.78 is 11.8. The zero-order valence-electron chi connectivity index (χ0n) is 18.4. The van der Waals surface area contributed by atoms with Crippen LogP contribution in [-0.4, -0.2) is 81.0 Å². The van der Waals surface area contributed by atoms with Gasteiger partial charge in [-0.25, -0.2) is 0 Å². The molecule has 3 atom stereocenters. The van der Waals surface area contributed by atoms with Crippen LogP contribution in [0.25, 0.3) is 0 Å². The number of hydrogen-bond acceptors (Lipinski definition) is 4. The van der Waals surface area contributed by atoms with Gasteiger partial charge >= 0.3 is 0 Å². The maximum absolute atomic E-state index is 6.10. The lowest BCUT2D eigenvalue weighted by molar-refractivity contribution is -0.0502. The number of morpholine rings is 1. The van der Waals surface area contributed by atoms with E-state index in [-0.39, 0.29) is 41.6 Å². The number of methoxy groups -OCH3 is 1. The van der Waals surface area contributed by atoms with Gasteiger partial charge in [0, 0.05) is 46.9 Å². The van der Waals surface area contributed by atoms with Crippen LogP contribution in [-0.2, 0) is 16.0 Å². The van der Waals surface area contributed by atoms with Crippen molar-refractivity contribution in [3.63, 3.8) is 0 Å². The summed E-state index contributed by atoms with van der Waals surface area (Å²) in [6.45, 7) is 11.9. The van der Waals surface area contributed by atoms with Crippen molar-refractivity contribution in [1.82, 2.24) is 15.1 Å². The number of hydrogen-bond donors (Lipinski definition) is 1. The zero-order chi connectivity index (χ0) is 20.1. The first-order chi connectivity index (χ1) is 13.4. The van der Waals surface area contributed by atoms with Gasteiger partial charge in [-0.15, -0.1) is 24.0 Å². The van der Waals surface area contributed by atoms with Crippen LogP contribution < -0.4 is 5.32 Å². The van der Waals surface area contributed by atoms with E-state index in [1.165, 1.54) is 5.56 Å². The largest absolute Gasteiger partial charge is 0.379 e. The molecule has 2 aliphatic heterocycles. The van der Waals surface area contributed by atoms with E-state index in [1.54, 1.807) is 7.11 Å². The SMILES string of the molecule is CN=C(NCC(OC)C(C)(C)C)N1CC2OCCN(Cc3ccccc3)C2C1.I. The predicted molar refractivity (Wildman–Crippen MR) is 129 cm³/mol. The molecule has 0 spiro atoms. The van der Waals surface area contributed by atoms with Crippen LogP contribution in [0.5, 0.6) is 0 Å². The minimum Gasteiger partial charge on any atom is -0.379 e. The number of benzene rings is 1. The Bertz CT molecular complexity index is 650. The second-order valence-electron chi connectivity index (χ2n) is 8.86. The number of fused-ring (bicyclic) bond motifs is 1. The van der Waals surface area contributed by atoms with Crippen molar-refractivity contribution in [2.45, 2.75) is 45.6 Å². The third-order valence-electron chi connectivity index (χ3n) is 5.85. The molecule has 7 heteroatoms. The van der Waals surface area contributed by atoms with E-state index in [2.05, 4.69) is 71.2 Å². The van der Waals surface area contributed by atoms with Crippen molar-refractivity contribution in [2.75, 3.05) is 46.9 Å². The molecule has 2 heterocycles. The Kier molecular flexibility index (Phi) is 9.18. The van der Waals surface area contributed by atoms with E-state index < -0.39 is 0 Å². The fraction of sp³-hybridized carbons (Fsp3) is 0.682. The van der Waals surface area contributed by atoms with Crippen LogP contribution in [0.15, 0.2) is 35.3 Å². The van der Waals surface area contributed by atoms with Gasteiger partial charge in [0.15, 0.2) is 5.96 Å². The van der Waals surface area contributed by atoms with Crippen LogP contribution >= 0.6 is 24.0 Å². The molecule has 2 aliphatic rings. The van der Waals surface area contributed by atoms with Crippen molar-refractivity contribution in [3.05, 3.63) is 35.9 Å². The predicted octanol–water partition coefficient (Wildman–Crippen LogP) is 2.83. The molecular weight excluding hydrogens is 479 g/mol. The van der Waals surface area contributed by atoms with Gasteiger partial charge in [0.2, 0.25) is 0 Å². The maximum Gasteiger partial charge on any atom is 0.193 e. The molecule has 3 rings (SSSR count). The highest BCUT2D eigenvalue weighted by molar-refractivity contribution is 14.0. The summed E-state index contributed by atoms with van der Waals surface area (Å²) in [5, 5.41) is 3.52. The van der Waals surface area contributed by atoms with E-state index in [0.717, 1.165) is 45.3 Å². The Hall–Kier alpha value is -0.900. The van der Waals surface area contributed by atoms with Crippen LogP contribution in [0.4, 0.5) is 0 Å². The number of likely N-dealkylation sites (tertiary alicyclic amines) is 1. The van der Waals surface area contributed by atoms with Gasteiger partial charge in [-0.3, -0.25) is 9.89 Å². The quantitative estimate of drug-likeness (QED) is 0.371. The van der Waals surface area contributed by atoms with Crippen LogP contribution in [0, 0.1) is 5.41 Å². The van der Waals surface area contributed by atoms with Crippen LogP contribution in [0.3, 0.4) is 0 Å². The molecule has 3 unspecified atom stereocenters. The average Bonchev–Trinajstić information content (AvgIpc) is 3.10. The maximum atomic E-state index is 6.10. The summed E-state index contributed by atoms with van der Waals surface area (Å²) in [5.41, 5.74) is 1.44. The number of nitrogens with one attached hydrogen (secondary N) is 1. The highest BCUT2D eigenvalue weighted by Gasteiger charge is 2.41. The minimum atomic E-state index is 0. The molecule has 164 valence electrons. The fourth-order valence-corrected chi connectivity index (χ4v) is 4.20. The monoisotopic (exact) mass is 516 g/mol. The summed E-state index contributed by atoms with van der Waals surface area (Å²) in [6.07, 6.45) is 0.358. The van der Waals surface area contributed by atoms with Crippen molar-refractivity contribution in [1.29, 1.82) is 0 Å². The van der Waals surface area contributed by atoms with Gasteiger partial charge in [0.25, 0.3) is 0 Å². The van der Waals surface area contributed by atoms with Gasteiger partial charge in [-0.1, -0.05) is 51.1 Å². The molecule has 1 N–H and O–H groups in total. The van der Waals surface area contributed by atoms with E-state index in [4.69, 9.17) is 9.47 Å². The number of aliphatic imine (C=N–C) groups is 1. The molecule has 2 fully saturated rings. The highest BCUT2D eigenvalue weighted by Crippen LogP contribution is 2.25. The lowest BCUT2D eigenvalue weighted by atomic mass is 9.89. The summed E-state index contributed by atoms with van der Waals surface area (Å²) in [5.74, 6) is 0.934. The Labute approximate surface area is 193 Å². The third kappa shape index (κ3) is 6.29. The minimum absolute atomic E-state index is 0. The van der Waals surface area contributed by atoms with Gasteiger partial charge < -0.3 is 19.7 Å². The second kappa shape index (κ2) is 10.9. The summed E-state index contributed by atoms with van der Waals surface area (Å²) in [6, 6.07) is 11.1. The first-order valence-electron chi connectivity index (χ1n) is 10.3. The Morgan fingerprint density at radius 3 is 2.62 bits per heavy atom. The lowest BCUT2D eigenvalue weighted by Gasteiger charge is -2.36. The van der Waals surface area contributed by atoms with Gasteiger partial charge in [-0.05, 0) is 11.0 Å². The summed E-state index contributed by atoms with van der Waals surface area (Å²) in [7, 11) is 3.63. The number of nitrogens with zero attached hydrogens (tertiary/aromatic N) is 3. The normalized spacial score (nSPS) is 24.0. The lowest BCUT2D eigenvalue weighted by Crippen LogP contribution is -2.50. The summed E-state index contributed by atoms with van der Waals surface area (Å²) in [4.78, 5) is 9.41. The smallest absolute Gasteiger partial charge is 0.193 e. The molecule has 0 radical (unpaired) electrons. The van der Waals surface area contributed by atoms with E-state index in [9.17, 15) is 0 Å². The summed E-state index contributed by atoms with van der Waals surface area (Å²) >= 11 is 0. The standard InChI is InChI=1S/C22H36N4O2.HI/c1-22(2,3)20(27-5)13-24-21(23-4)26-15-18-19(16-26)28-12-11-25(18)14-17-9-7-6-8-10-17;/h6-10,18-20H,11-16H2,1-5H3,(H,23,24);1H. The van der Waals surface area contributed by atoms with Crippen LogP contribution in [0.1, 0.15) is 26.3 Å². The Morgan fingerprint density at radius 2 is 2.00 bits per heavy atom. The Balaban J connectivity index is 0.00000300. The van der Waals surface area contributed by atoms with E-state index in [0.29, 0.717) is 6.04 Å². The van der Waals surface area contributed by atoms with Crippen molar-refractivity contribution >= 4 is 29.9 Å². The topological polar surface area (TPSA) is 49.3 Å². The van der Waals surface area contributed by atoms with E-state index >= 15 is 0 Å². The molecule has 0 bridgehead atoms. The third-order valence-corrected chi connectivity index (χ3v) is 5.85. The van der Waals surface area contributed by atoms with E-state index in [1.807, 2.05) is 7.05 Å². The number of halogens is 1. The van der Waals surface area contributed by atoms with Gasteiger partial charge in [0.1, 0.15) is 0 Å². The average molecular weight is 516 g/mol. The van der Waals surface area contributed by atoms with Crippen molar-refractivity contribution in [2.24, 2.45) is 10.4 Å². The molecule has 0 aliphatic carbocycles. The van der Waals surface area contributed by atoms with Gasteiger partial charge in [0.05, 0.1) is 24.9 Å². The number of guanidine groups is 1. The molecule has 0 amide bonds. The fourth-order valence-electron chi connectivity index (χ4n) is 4.20. The Morgan fingerprint density at radius 1 is 1.28 bits per heavy atom. The molecule has 0 aromatic heterocycles. The molecule has 29 heavy (non-hydrogen) atoms. The molecule has 2 saturated heterocycles. The highest BCUT2D eigenvalue weighted by atomic mass is 127. The zero-order valence-corrected chi connectivity index (χ0v) is 20.8. The van der Waals surface area contributed by atoms with Crippen molar-refractivity contribution < 1.29 is 9.47 Å². The molecule has 0 saturated carbocycles. The van der Waals surface area contributed by atoms with Gasteiger partial charge in [-0.2, -0.15) is 0 Å². The van der Waals surface area contributed by atoms with Crippen LogP contribution in [0.2, 0.25) is 0 Å². The first kappa shape index (κ1) is 24.4. The first-order valence-corrected chi connectivity index (χ1v) is 10.3. The second-order valence-corrected chi connectivity index (χ2v) is 8.86. The number of ether oxygens (including phenoxy) is 2. The molecule has 1 aromatic rings. The number of rotatable bonds is 5. The molecule has 6 nitrogen and oxygen atoms in total. The van der Waals surface area contributed by atoms with Crippen molar-refractivity contribution in [3.8, 4) is 0 Å². The molecular formula is C22H37IN4O2.